The van der Waals surface area contributed by atoms with Crippen LogP contribution in [-0.4, -0.2) is 13.1 Å². The summed E-state index contributed by atoms with van der Waals surface area (Å²) in [4.78, 5) is 11.9. The number of carbonyl (C=O) groups excluding carboxylic acids is 1. The molecule has 1 aliphatic carbocycles. The van der Waals surface area contributed by atoms with Crippen molar-refractivity contribution in [2.24, 2.45) is 5.92 Å². The van der Waals surface area contributed by atoms with Gasteiger partial charge in [-0.3, -0.25) is 0 Å². The lowest BCUT2D eigenvalue weighted by atomic mass is 9.83. The van der Waals surface area contributed by atoms with Crippen LogP contribution >= 0.6 is 0 Å². The van der Waals surface area contributed by atoms with Gasteiger partial charge in [-0.15, -0.1) is 0 Å². The summed E-state index contributed by atoms with van der Waals surface area (Å²) in [6.45, 7) is 8.74. The first-order chi connectivity index (χ1) is 9.12. The van der Waals surface area contributed by atoms with Crippen molar-refractivity contribution in [3.05, 3.63) is 34.4 Å². The van der Waals surface area contributed by atoms with Crippen LogP contribution in [0.3, 0.4) is 0 Å². The Balaban J connectivity index is 3.40. The van der Waals surface area contributed by atoms with Crippen molar-refractivity contribution in [3.8, 4) is 0 Å². The second-order valence-corrected chi connectivity index (χ2v) is 4.88. The molecule has 0 saturated heterocycles. The number of methoxy groups -OCH3 is 1. The van der Waals surface area contributed by atoms with Gasteiger partial charge in [-0.05, 0) is 43.4 Å². The minimum atomic E-state index is -0.232. The normalized spacial score (nSPS) is 19.7. The molecule has 0 radical (unpaired) electrons. The van der Waals surface area contributed by atoms with Crippen LogP contribution in [0.4, 0.5) is 0 Å². The number of hydrogen-bond acceptors (Lipinski definition) is 2. The summed E-state index contributed by atoms with van der Waals surface area (Å²) in [6.07, 6.45) is 8.14. The van der Waals surface area contributed by atoms with Crippen molar-refractivity contribution in [3.63, 3.8) is 0 Å². The average molecular weight is 262 g/mol. The first-order valence-electron chi connectivity index (χ1n) is 7.35. The Morgan fingerprint density at radius 2 is 1.79 bits per heavy atom. The zero-order chi connectivity index (χ0) is 14.4. The second kappa shape index (κ2) is 7.32. The number of rotatable bonds is 5. The molecule has 1 rings (SSSR count). The third-order valence-corrected chi connectivity index (χ3v) is 3.95. The third kappa shape index (κ3) is 3.37. The molecule has 0 N–H and O–H groups in total. The summed E-state index contributed by atoms with van der Waals surface area (Å²) in [6, 6.07) is 0. The molecule has 1 atom stereocenters. The third-order valence-electron chi connectivity index (χ3n) is 3.95. The molecule has 0 spiro atoms. The molecule has 0 aromatic heterocycles. The molecule has 0 aromatic rings. The van der Waals surface area contributed by atoms with E-state index in [0.29, 0.717) is 11.5 Å². The maximum absolute atomic E-state index is 11.9. The predicted molar refractivity (Wildman–Crippen MR) is 79.9 cm³/mol. The fourth-order valence-corrected chi connectivity index (χ4v) is 2.97. The van der Waals surface area contributed by atoms with E-state index in [4.69, 9.17) is 4.74 Å². The van der Waals surface area contributed by atoms with Gasteiger partial charge in [0, 0.05) is 5.92 Å². The van der Waals surface area contributed by atoms with Crippen molar-refractivity contribution in [1.29, 1.82) is 0 Å². The molecule has 0 saturated carbocycles. The highest BCUT2D eigenvalue weighted by atomic mass is 16.5. The fourth-order valence-electron chi connectivity index (χ4n) is 2.97. The molecular weight excluding hydrogens is 236 g/mol. The minimum Gasteiger partial charge on any atom is -0.465 e. The maximum Gasteiger partial charge on any atom is 0.337 e. The van der Waals surface area contributed by atoms with Gasteiger partial charge in [-0.1, -0.05) is 38.8 Å². The van der Waals surface area contributed by atoms with E-state index in [2.05, 4.69) is 27.7 Å². The number of esters is 1. The Labute approximate surface area is 117 Å². The Morgan fingerprint density at radius 1 is 1.11 bits per heavy atom. The lowest BCUT2D eigenvalue weighted by Crippen LogP contribution is -2.08. The molecule has 0 bridgehead atoms. The van der Waals surface area contributed by atoms with Gasteiger partial charge < -0.3 is 4.74 Å². The van der Waals surface area contributed by atoms with E-state index < -0.39 is 0 Å². The quantitative estimate of drug-likeness (QED) is 0.678. The van der Waals surface area contributed by atoms with Crippen molar-refractivity contribution in [1.82, 2.24) is 0 Å². The fraction of sp³-hybridized carbons (Fsp3) is 0.588. The summed E-state index contributed by atoms with van der Waals surface area (Å²) in [7, 11) is 1.45. The second-order valence-electron chi connectivity index (χ2n) is 4.88. The van der Waals surface area contributed by atoms with Gasteiger partial charge in [0.2, 0.25) is 0 Å². The van der Waals surface area contributed by atoms with E-state index in [1.807, 2.05) is 12.2 Å². The first kappa shape index (κ1) is 15.7. The summed E-state index contributed by atoms with van der Waals surface area (Å²) >= 11 is 0. The highest BCUT2D eigenvalue weighted by Crippen LogP contribution is 2.35. The summed E-state index contributed by atoms with van der Waals surface area (Å²) in [5.41, 5.74) is 4.82. The molecule has 2 heteroatoms. The Bertz CT molecular complexity index is 425. The van der Waals surface area contributed by atoms with Gasteiger partial charge in [0.15, 0.2) is 0 Å². The minimum absolute atomic E-state index is 0.232. The highest BCUT2D eigenvalue weighted by Gasteiger charge is 2.22. The largest absolute Gasteiger partial charge is 0.465 e. The van der Waals surface area contributed by atoms with Crippen LogP contribution in [0.5, 0.6) is 0 Å². The van der Waals surface area contributed by atoms with Crippen LogP contribution in [-0.2, 0) is 9.53 Å². The van der Waals surface area contributed by atoms with E-state index in [1.54, 1.807) is 0 Å². The average Bonchev–Trinajstić information content (AvgIpc) is 2.61. The van der Waals surface area contributed by atoms with Gasteiger partial charge in [0.1, 0.15) is 0 Å². The van der Waals surface area contributed by atoms with Crippen molar-refractivity contribution >= 4 is 5.97 Å². The van der Waals surface area contributed by atoms with Gasteiger partial charge in [0.25, 0.3) is 0 Å². The van der Waals surface area contributed by atoms with Crippen LogP contribution in [0.25, 0.3) is 0 Å². The van der Waals surface area contributed by atoms with E-state index in [9.17, 15) is 4.79 Å². The van der Waals surface area contributed by atoms with Gasteiger partial charge in [0.05, 0.1) is 12.7 Å². The van der Waals surface area contributed by atoms with Gasteiger partial charge in [-0.2, -0.15) is 0 Å². The van der Waals surface area contributed by atoms with E-state index in [0.717, 1.165) is 25.7 Å². The zero-order valence-corrected chi connectivity index (χ0v) is 12.9. The smallest absolute Gasteiger partial charge is 0.337 e. The first-order valence-corrected chi connectivity index (χ1v) is 7.35. The standard InChI is InChI=1S/C17H26O2/c1-6-12-10-14(17(18)19-5)11-13(7-2)16(9-4)15(12)8-3/h10-11,15H,6-9H2,1-5H3. The number of hydrogen-bond donors (Lipinski definition) is 0. The van der Waals surface area contributed by atoms with Crippen LogP contribution in [0, 0.1) is 5.92 Å². The zero-order valence-electron chi connectivity index (χ0n) is 12.9. The molecule has 2 nitrogen and oxygen atoms in total. The summed E-state index contributed by atoms with van der Waals surface area (Å²) in [5.74, 6) is 0.243. The molecule has 0 amide bonds. The van der Waals surface area contributed by atoms with E-state index in [-0.39, 0.29) is 5.97 Å². The molecular formula is C17H26O2. The van der Waals surface area contributed by atoms with Crippen LogP contribution in [0.2, 0.25) is 0 Å². The van der Waals surface area contributed by atoms with Crippen LogP contribution in [0.1, 0.15) is 53.4 Å². The van der Waals surface area contributed by atoms with Crippen molar-refractivity contribution < 1.29 is 9.53 Å². The predicted octanol–water partition coefficient (Wildman–Crippen LogP) is 4.58. The number of ether oxygens (including phenoxy) is 1. The Hall–Kier alpha value is -1.31. The Kier molecular flexibility index (Phi) is 6.07. The summed E-state index contributed by atoms with van der Waals surface area (Å²) in [5, 5.41) is 0. The summed E-state index contributed by atoms with van der Waals surface area (Å²) < 4.78 is 4.89. The number of allylic oxidation sites excluding steroid dienone is 4. The van der Waals surface area contributed by atoms with Crippen molar-refractivity contribution in [2.45, 2.75) is 53.4 Å². The molecule has 19 heavy (non-hydrogen) atoms. The van der Waals surface area contributed by atoms with E-state index in [1.165, 1.54) is 23.8 Å². The molecule has 1 unspecified atom stereocenters. The SMILES string of the molecule is CCC1=CC(C(=O)OC)=CC(CC)=C(CC)C1CC. The molecule has 106 valence electrons. The molecule has 0 heterocycles. The van der Waals surface area contributed by atoms with Crippen LogP contribution in [0.15, 0.2) is 34.4 Å². The Morgan fingerprint density at radius 3 is 2.21 bits per heavy atom. The molecule has 0 aromatic carbocycles. The maximum atomic E-state index is 11.9. The molecule has 0 aliphatic heterocycles. The highest BCUT2D eigenvalue weighted by molar-refractivity contribution is 5.92. The van der Waals surface area contributed by atoms with E-state index >= 15 is 0 Å². The number of carbonyl (C=O) groups is 1. The topological polar surface area (TPSA) is 26.3 Å². The lowest BCUT2D eigenvalue weighted by Gasteiger charge is -2.22. The monoisotopic (exact) mass is 262 g/mol. The lowest BCUT2D eigenvalue weighted by molar-refractivity contribution is -0.135. The van der Waals surface area contributed by atoms with Crippen LogP contribution < -0.4 is 0 Å². The van der Waals surface area contributed by atoms with Crippen molar-refractivity contribution in [2.75, 3.05) is 7.11 Å². The molecule has 1 aliphatic rings. The molecule has 0 fully saturated rings. The van der Waals surface area contributed by atoms with Gasteiger partial charge >= 0.3 is 5.97 Å². The van der Waals surface area contributed by atoms with Gasteiger partial charge in [-0.25, -0.2) is 4.79 Å².